The fourth-order valence-corrected chi connectivity index (χ4v) is 5.63. The molecule has 1 N–H and O–H groups in total. The van der Waals surface area contributed by atoms with Gasteiger partial charge in [0.1, 0.15) is 24.1 Å². The molecule has 1 atom stereocenters. The lowest BCUT2D eigenvalue weighted by atomic mass is 10.1. The molecule has 10 heteroatoms. The standard InChI is InChI=1S/C30H37N3O6S/c1-6-18-31-30(35)23(3)32(20-24-11-9-10-22(2)19-24)29(34)21-33(27-12-7-8-13-28(27)39-5)40(36,37)26-16-14-25(38-4)15-17-26/h7-17,19,23H,6,18,20-21H2,1-5H3,(H,31,35)/t23-/m0/s1. The maximum absolute atomic E-state index is 14.0. The lowest BCUT2D eigenvalue weighted by molar-refractivity contribution is -0.139. The van der Waals surface area contributed by atoms with E-state index >= 15 is 0 Å². The minimum absolute atomic E-state index is 0.0222. The summed E-state index contributed by atoms with van der Waals surface area (Å²) in [5.41, 5.74) is 2.03. The lowest BCUT2D eigenvalue weighted by Crippen LogP contribution is -2.51. The topological polar surface area (TPSA) is 105 Å². The van der Waals surface area contributed by atoms with Gasteiger partial charge < -0.3 is 19.7 Å². The first-order valence-electron chi connectivity index (χ1n) is 13.0. The zero-order chi connectivity index (χ0) is 29.3. The normalized spacial score (nSPS) is 11.8. The molecule has 2 amide bonds. The van der Waals surface area contributed by atoms with Crippen LogP contribution in [0.5, 0.6) is 11.5 Å². The third-order valence-electron chi connectivity index (χ3n) is 6.43. The highest BCUT2D eigenvalue weighted by atomic mass is 32.2. The number of hydrogen-bond donors (Lipinski definition) is 1. The molecule has 0 fully saturated rings. The highest BCUT2D eigenvalue weighted by molar-refractivity contribution is 7.92. The molecule has 0 aliphatic carbocycles. The van der Waals surface area contributed by atoms with Crippen molar-refractivity contribution in [2.45, 2.75) is 44.7 Å². The monoisotopic (exact) mass is 567 g/mol. The van der Waals surface area contributed by atoms with Crippen molar-refractivity contribution < 1.29 is 27.5 Å². The smallest absolute Gasteiger partial charge is 0.264 e. The van der Waals surface area contributed by atoms with Crippen molar-refractivity contribution in [3.8, 4) is 11.5 Å². The quantitative estimate of drug-likeness (QED) is 0.333. The van der Waals surface area contributed by atoms with E-state index in [4.69, 9.17) is 9.47 Å². The SMILES string of the molecule is CCCNC(=O)[C@H](C)N(Cc1cccc(C)c1)C(=O)CN(c1ccccc1OC)S(=O)(=O)c1ccc(OC)cc1. The molecule has 0 aliphatic rings. The molecular weight excluding hydrogens is 530 g/mol. The van der Waals surface area contributed by atoms with Crippen LogP contribution in [0, 0.1) is 6.92 Å². The molecule has 0 heterocycles. The van der Waals surface area contributed by atoms with E-state index < -0.39 is 28.5 Å². The number of rotatable bonds is 13. The van der Waals surface area contributed by atoms with Gasteiger partial charge in [0.2, 0.25) is 11.8 Å². The van der Waals surface area contributed by atoms with Crippen molar-refractivity contribution in [1.29, 1.82) is 0 Å². The van der Waals surface area contributed by atoms with Crippen LogP contribution in [0.3, 0.4) is 0 Å². The molecular formula is C30H37N3O6S. The molecule has 0 aliphatic heterocycles. The predicted molar refractivity (Wildman–Crippen MR) is 155 cm³/mol. The fraction of sp³-hybridized carbons (Fsp3) is 0.333. The van der Waals surface area contributed by atoms with Crippen LogP contribution in [0.1, 0.15) is 31.4 Å². The Balaban J connectivity index is 2.06. The Kier molecular flexibility index (Phi) is 10.6. The average Bonchev–Trinajstić information content (AvgIpc) is 2.96. The Bertz CT molecular complexity index is 1410. The second-order valence-corrected chi connectivity index (χ2v) is 11.2. The maximum atomic E-state index is 14.0. The zero-order valence-electron chi connectivity index (χ0n) is 23.6. The van der Waals surface area contributed by atoms with E-state index in [0.29, 0.717) is 12.3 Å². The van der Waals surface area contributed by atoms with Crippen molar-refractivity contribution in [3.63, 3.8) is 0 Å². The van der Waals surface area contributed by atoms with Crippen molar-refractivity contribution in [2.75, 3.05) is 31.6 Å². The van der Waals surface area contributed by atoms with Gasteiger partial charge in [0.15, 0.2) is 0 Å². The summed E-state index contributed by atoms with van der Waals surface area (Å²) in [7, 11) is -1.31. The van der Waals surface area contributed by atoms with E-state index in [1.165, 1.54) is 31.3 Å². The summed E-state index contributed by atoms with van der Waals surface area (Å²) < 4.78 is 39.6. The Morgan fingerprint density at radius 3 is 2.27 bits per heavy atom. The third-order valence-corrected chi connectivity index (χ3v) is 8.21. The summed E-state index contributed by atoms with van der Waals surface area (Å²) in [6.07, 6.45) is 0.742. The third kappa shape index (κ3) is 7.32. The Morgan fingerprint density at radius 1 is 0.950 bits per heavy atom. The van der Waals surface area contributed by atoms with Crippen molar-refractivity contribution >= 4 is 27.5 Å². The minimum Gasteiger partial charge on any atom is -0.497 e. The average molecular weight is 568 g/mol. The number of para-hydroxylation sites is 2. The van der Waals surface area contributed by atoms with Gasteiger partial charge in [-0.3, -0.25) is 13.9 Å². The van der Waals surface area contributed by atoms with Crippen LogP contribution in [-0.2, 0) is 26.2 Å². The number of ether oxygens (including phenoxy) is 2. The number of benzene rings is 3. The molecule has 0 saturated heterocycles. The van der Waals surface area contributed by atoms with Gasteiger partial charge in [-0.25, -0.2) is 8.42 Å². The summed E-state index contributed by atoms with van der Waals surface area (Å²) in [5.74, 6) is -0.0742. The molecule has 3 aromatic carbocycles. The Hall–Kier alpha value is -4.05. The van der Waals surface area contributed by atoms with Crippen molar-refractivity contribution in [1.82, 2.24) is 10.2 Å². The van der Waals surface area contributed by atoms with Gasteiger partial charge in [-0.05, 0) is 62.2 Å². The summed E-state index contributed by atoms with van der Waals surface area (Å²) >= 11 is 0. The van der Waals surface area contributed by atoms with Gasteiger partial charge in [-0.1, -0.05) is 48.9 Å². The van der Waals surface area contributed by atoms with E-state index in [9.17, 15) is 18.0 Å². The lowest BCUT2D eigenvalue weighted by Gasteiger charge is -2.32. The first-order valence-corrected chi connectivity index (χ1v) is 14.5. The molecule has 3 rings (SSSR count). The van der Waals surface area contributed by atoms with Gasteiger partial charge in [0, 0.05) is 13.1 Å². The second-order valence-electron chi connectivity index (χ2n) is 9.34. The van der Waals surface area contributed by atoms with E-state index in [2.05, 4.69) is 5.32 Å². The summed E-state index contributed by atoms with van der Waals surface area (Å²) in [4.78, 5) is 28.4. The molecule has 214 valence electrons. The number of carbonyl (C=O) groups excluding carboxylic acids is 2. The Morgan fingerprint density at radius 2 is 1.65 bits per heavy atom. The largest absolute Gasteiger partial charge is 0.497 e. The highest BCUT2D eigenvalue weighted by Gasteiger charge is 2.33. The molecule has 40 heavy (non-hydrogen) atoms. The second kappa shape index (κ2) is 13.8. The van der Waals surface area contributed by atoms with Crippen LogP contribution in [0.2, 0.25) is 0 Å². The summed E-state index contributed by atoms with van der Waals surface area (Å²) in [6, 6.07) is 19.3. The molecule has 0 radical (unpaired) electrons. The van der Waals surface area contributed by atoms with Crippen molar-refractivity contribution in [2.24, 2.45) is 0 Å². The highest BCUT2D eigenvalue weighted by Crippen LogP contribution is 2.33. The molecule has 0 saturated carbocycles. The van der Waals surface area contributed by atoms with Crippen LogP contribution in [0.4, 0.5) is 5.69 Å². The molecule has 3 aromatic rings. The maximum Gasteiger partial charge on any atom is 0.264 e. The van der Waals surface area contributed by atoms with E-state index in [1.54, 1.807) is 43.3 Å². The Labute approximate surface area is 236 Å². The number of methoxy groups -OCH3 is 2. The number of hydrogen-bond acceptors (Lipinski definition) is 6. The van der Waals surface area contributed by atoms with E-state index in [-0.39, 0.29) is 28.8 Å². The molecule has 0 aromatic heterocycles. The number of amides is 2. The number of anilines is 1. The summed E-state index contributed by atoms with van der Waals surface area (Å²) in [5, 5.41) is 2.84. The van der Waals surface area contributed by atoms with Crippen LogP contribution >= 0.6 is 0 Å². The van der Waals surface area contributed by atoms with E-state index in [0.717, 1.165) is 21.9 Å². The van der Waals surface area contributed by atoms with Gasteiger partial charge in [0.25, 0.3) is 10.0 Å². The van der Waals surface area contributed by atoms with Crippen LogP contribution in [-0.4, -0.2) is 58.5 Å². The van der Waals surface area contributed by atoms with Gasteiger partial charge in [-0.2, -0.15) is 0 Å². The zero-order valence-corrected chi connectivity index (χ0v) is 24.4. The first kappa shape index (κ1) is 30.5. The van der Waals surface area contributed by atoms with Crippen LogP contribution in [0.15, 0.2) is 77.7 Å². The molecule has 0 bridgehead atoms. The number of nitrogens with zero attached hydrogens (tertiary/aromatic N) is 2. The van der Waals surface area contributed by atoms with Gasteiger partial charge >= 0.3 is 0 Å². The van der Waals surface area contributed by atoms with E-state index in [1.807, 2.05) is 38.1 Å². The first-order chi connectivity index (χ1) is 19.1. The van der Waals surface area contributed by atoms with Crippen LogP contribution in [0.25, 0.3) is 0 Å². The van der Waals surface area contributed by atoms with Gasteiger partial charge in [0.05, 0.1) is 24.8 Å². The number of sulfonamides is 1. The number of carbonyl (C=O) groups is 2. The minimum atomic E-state index is -4.23. The number of aryl methyl sites for hydroxylation is 1. The molecule has 0 spiro atoms. The fourth-order valence-electron chi connectivity index (χ4n) is 4.21. The van der Waals surface area contributed by atoms with Crippen molar-refractivity contribution in [3.05, 3.63) is 83.9 Å². The molecule has 9 nitrogen and oxygen atoms in total. The van der Waals surface area contributed by atoms with Gasteiger partial charge in [-0.15, -0.1) is 0 Å². The van der Waals surface area contributed by atoms with Crippen LogP contribution < -0.4 is 19.1 Å². The molecule has 0 unspecified atom stereocenters. The summed E-state index contributed by atoms with van der Waals surface area (Å²) in [6.45, 7) is 5.57. The predicted octanol–water partition coefficient (Wildman–Crippen LogP) is 4.15. The number of nitrogens with one attached hydrogen (secondary N) is 1.